The van der Waals surface area contributed by atoms with Crippen LogP contribution in [0, 0.1) is 17.0 Å². The number of pyridine rings is 1. The van der Waals surface area contributed by atoms with Crippen molar-refractivity contribution in [1.29, 1.82) is 0 Å². The third-order valence-corrected chi connectivity index (χ3v) is 3.67. The highest BCUT2D eigenvalue weighted by molar-refractivity contribution is 5.63. The molecule has 0 atom stereocenters. The molecule has 0 radical (unpaired) electrons. The zero-order chi connectivity index (χ0) is 17.1. The molecule has 2 heterocycles. The number of nitro groups is 1. The third kappa shape index (κ3) is 3.24. The number of hydrogen-bond acceptors (Lipinski definition) is 5. The minimum absolute atomic E-state index is 0.0203. The monoisotopic (exact) mass is 323 g/mol. The summed E-state index contributed by atoms with van der Waals surface area (Å²) in [5.41, 5.74) is 3.39. The molecule has 3 rings (SSSR count). The smallest absolute Gasteiger partial charge is 0.290 e. The average Bonchev–Trinajstić information content (AvgIpc) is 2.94. The number of nitrogens with one attached hydrogen (secondary N) is 1. The van der Waals surface area contributed by atoms with E-state index in [0.717, 1.165) is 16.8 Å². The van der Waals surface area contributed by atoms with Gasteiger partial charge in [-0.05, 0) is 13.0 Å². The topological polar surface area (TPSA) is 85.9 Å². The second-order valence-electron chi connectivity index (χ2n) is 5.45. The van der Waals surface area contributed by atoms with Crippen LogP contribution < -0.4 is 5.32 Å². The van der Waals surface area contributed by atoms with E-state index in [-0.39, 0.29) is 5.69 Å². The van der Waals surface area contributed by atoms with Crippen LogP contribution in [0.4, 0.5) is 11.5 Å². The van der Waals surface area contributed by atoms with Crippen LogP contribution in [0.5, 0.6) is 0 Å². The van der Waals surface area contributed by atoms with Crippen LogP contribution in [0.2, 0.25) is 0 Å². The number of aryl methyl sites for hydroxylation is 2. The van der Waals surface area contributed by atoms with Gasteiger partial charge in [-0.25, -0.2) is 4.98 Å². The van der Waals surface area contributed by atoms with Gasteiger partial charge in [-0.2, -0.15) is 5.10 Å². The van der Waals surface area contributed by atoms with Gasteiger partial charge in [0.25, 0.3) is 5.69 Å². The molecule has 7 nitrogen and oxygen atoms in total. The number of anilines is 1. The summed E-state index contributed by atoms with van der Waals surface area (Å²) in [7, 11) is 1.88. The number of hydrogen-bond donors (Lipinski definition) is 1. The molecule has 0 spiro atoms. The summed E-state index contributed by atoms with van der Waals surface area (Å²) < 4.78 is 1.77. The Morgan fingerprint density at radius 3 is 2.62 bits per heavy atom. The van der Waals surface area contributed by atoms with Crippen molar-refractivity contribution >= 4 is 11.5 Å². The molecule has 7 heteroatoms. The molecule has 122 valence electrons. The molecular formula is C17H17N5O2. The van der Waals surface area contributed by atoms with Crippen molar-refractivity contribution in [3.8, 4) is 11.3 Å². The third-order valence-electron chi connectivity index (χ3n) is 3.67. The first-order chi connectivity index (χ1) is 11.5. The normalized spacial score (nSPS) is 10.6. The molecule has 24 heavy (non-hydrogen) atoms. The lowest BCUT2D eigenvalue weighted by atomic mass is 10.1. The Morgan fingerprint density at radius 2 is 1.96 bits per heavy atom. The Morgan fingerprint density at radius 1 is 1.21 bits per heavy atom. The molecule has 0 unspecified atom stereocenters. The molecule has 0 bridgehead atoms. The molecule has 0 aliphatic heterocycles. The summed E-state index contributed by atoms with van der Waals surface area (Å²) in [6, 6.07) is 13.0. The second kappa shape index (κ2) is 6.49. The summed E-state index contributed by atoms with van der Waals surface area (Å²) in [4.78, 5) is 14.7. The number of rotatable bonds is 5. The lowest BCUT2D eigenvalue weighted by molar-refractivity contribution is -0.385. The first-order valence-electron chi connectivity index (χ1n) is 7.48. The van der Waals surface area contributed by atoms with E-state index in [1.807, 2.05) is 43.6 Å². The van der Waals surface area contributed by atoms with E-state index < -0.39 is 4.92 Å². The van der Waals surface area contributed by atoms with Crippen LogP contribution in [0.3, 0.4) is 0 Å². The Kier molecular flexibility index (Phi) is 4.24. The maximum Gasteiger partial charge on any atom is 0.290 e. The van der Waals surface area contributed by atoms with Crippen LogP contribution in [0.15, 0.2) is 48.7 Å². The zero-order valence-electron chi connectivity index (χ0n) is 13.4. The van der Waals surface area contributed by atoms with Crippen molar-refractivity contribution in [2.75, 3.05) is 5.32 Å². The lowest BCUT2D eigenvalue weighted by Gasteiger charge is -2.07. The van der Waals surface area contributed by atoms with E-state index in [4.69, 9.17) is 0 Å². The van der Waals surface area contributed by atoms with E-state index in [0.29, 0.717) is 18.1 Å². The van der Waals surface area contributed by atoms with Gasteiger partial charge in [0.15, 0.2) is 0 Å². The highest BCUT2D eigenvalue weighted by atomic mass is 16.6. The predicted molar refractivity (Wildman–Crippen MR) is 91.6 cm³/mol. The largest absolute Gasteiger partial charge is 0.366 e. The van der Waals surface area contributed by atoms with Crippen LogP contribution in [0.1, 0.15) is 11.3 Å². The van der Waals surface area contributed by atoms with Gasteiger partial charge in [0.2, 0.25) is 0 Å². The maximum atomic E-state index is 10.9. The lowest BCUT2D eigenvalue weighted by Crippen LogP contribution is -2.03. The Labute approximate surface area is 139 Å². The molecule has 0 aliphatic carbocycles. The molecule has 0 aliphatic rings. The van der Waals surface area contributed by atoms with Crippen LogP contribution in [-0.4, -0.2) is 19.7 Å². The molecular weight excluding hydrogens is 306 g/mol. The van der Waals surface area contributed by atoms with E-state index in [1.54, 1.807) is 17.7 Å². The molecule has 2 aromatic heterocycles. The van der Waals surface area contributed by atoms with Crippen molar-refractivity contribution < 1.29 is 4.92 Å². The maximum absolute atomic E-state index is 10.9. The minimum Gasteiger partial charge on any atom is -0.366 e. The minimum atomic E-state index is -0.430. The SMILES string of the molecule is Cc1nc(NCc2cn(C)nc2-c2ccccc2)ccc1[N+](=O)[O-]. The summed E-state index contributed by atoms with van der Waals surface area (Å²) >= 11 is 0. The van der Waals surface area contributed by atoms with Gasteiger partial charge in [0.05, 0.1) is 10.6 Å². The highest BCUT2D eigenvalue weighted by Gasteiger charge is 2.13. The fraction of sp³-hybridized carbons (Fsp3) is 0.176. The summed E-state index contributed by atoms with van der Waals surface area (Å²) in [5.74, 6) is 0.598. The van der Waals surface area contributed by atoms with E-state index in [1.165, 1.54) is 6.07 Å². The van der Waals surface area contributed by atoms with Gasteiger partial charge in [-0.3, -0.25) is 14.8 Å². The predicted octanol–water partition coefficient (Wildman–Crippen LogP) is 3.31. The Hall–Kier alpha value is -3.22. The van der Waals surface area contributed by atoms with Gasteiger partial charge in [-0.15, -0.1) is 0 Å². The van der Waals surface area contributed by atoms with Gasteiger partial charge in [-0.1, -0.05) is 30.3 Å². The zero-order valence-corrected chi connectivity index (χ0v) is 13.4. The number of aromatic nitrogens is 3. The summed E-state index contributed by atoms with van der Waals surface area (Å²) in [5, 5.41) is 18.6. The molecule has 0 saturated heterocycles. The van der Waals surface area contributed by atoms with Crippen molar-refractivity contribution in [1.82, 2.24) is 14.8 Å². The molecule has 0 saturated carbocycles. The van der Waals surface area contributed by atoms with E-state index in [2.05, 4.69) is 15.4 Å². The Balaban J connectivity index is 1.81. The van der Waals surface area contributed by atoms with Crippen molar-refractivity contribution in [2.24, 2.45) is 7.05 Å². The van der Waals surface area contributed by atoms with Gasteiger partial charge in [0, 0.05) is 37.0 Å². The molecule has 0 fully saturated rings. The fourth-order valence-corrected chi connectivity index (χ4v) is 2.54. The van der Waals surface area contributed by atoms with Gasteiger partial charge in [0.1, 0.15) is 11.5 Å². The molecule has 1 N–H and O–H groups in total. The molecule has 0 amide bonds. The molecule has 3 aromatic rings. The highest BCUT2D eigenvalue weighted by Crippen LogP contribution is 2.23. The average molecular weight is 323 g/mol. The summed E-state index contributed by atoms with van der Waals surface area (Å²) in [6.45, 7) is 2.16. The van der Waals surface area contributed by atoms with Crippen LogP contribution in [-0.2, 0) is 13.6 Å². The molecule has 1 aromatic carbocycles. The van der Waals surface area contributed by atoms with Gasteiger partial charge >= 0.3 is 0 Å². The van der Waals surface area contributed by atoms with Crippen LogP contribution >= 0.6 is 0 Å². The van der Waals surface area contributed by atoms with Crippen molar-refractivity contribution in [3.63, 3.8) is 0 Å². The first kappa shape index (κ1) is 15.7. The second-order valence-corrected chi connectivity index (χ2v) is 5.45. The van der Waals surface area contributed by atoms with Crippen molar-refractivity contribution in [3.05, 3.63) is 70.0 Å². The Bertz CT molecular complexity index is 874. The standard InChI is InChI=1S/C17H17N5O2/c1-12-15(22(23)24)8-9-16(19-12)18-10-14-11-21(2)20-17(14)13-6-4-3-5-7-13/h3-9,11H,10H2,1-2H3,(H,18,19). The number of nitrogens with zero attached hydrogens (tertiary/aromatic N) is 4. The first-order valence-corrected chi connectivity index (χ1v) is 7.48. The fourth-order valence-electron chi connectivity index (χ4n) is 2.54. The van der Waals surface area contributed by atoms with E-state index in [9.17, 15) is 10.1 Å². The quantitative estimate of drug-likeness (QED) is 0.575. The van der Waals surface area contributed by atoms with Gasteiger partial charge < -0.3 is 5.32 Å². The summed E-state index contributed by atoms with van der Waals surface area (Å²) in [6.07, 6.45) is 1.95. The van der Waals surface area contributed by atoms with Crippen LogP contribution in [0.25, 0.3) is 11.3 Å². The van der Waals surface area contributed by atoms with Crippen molar-refractivity contribution in [2.45, 2.75) is 13.5 Å². The van der Waals surface area contributed by atoms with E-state index >= 15 is 0 Å². The number of benzene rings is 1.